The maximum absolute atomic E-state index is 12.8. The van der Waals surface area contributed by atoms with Crippen molar-refractivity contribution in [2.45, 2.75) is 6.92 Å². The van der Waals surface area contributed by atoms with E-state index in [1.165, 1.54) is 0 Å². The van der Waals surface area contributed by atoms with E-state index in [0.29, 0.717) is 5.56 Å². The van der Waals surface area contributed by atoms with Crippen LogP contribution >= 0.6 is 0 Å². The van der Waals surface area contributed by atoms with Gasteiger partial charge in [-0.15, -0.1) is 0 Å². The van der Waals surface area contributed by atoms with Crippen LogP contribution < -0.4 is 10.2 Å². The standard InChI is InChI=1S/C20H19N3O/c1-15-7-3-5-9-18(15)22-20(24)17-8-4-6-10-19(17)23(2)16-11-13-21-14-12-16/h3-14H,1-2H3,(H,22,24). The molecule has 0 unspecified atom stereocenters. The molecule has 2 aromatic carbocycles. The first-order valence-corrected chi connectivity index (χ1v) is 7.76. The Hall–Kier alpha value is -3.14. The highest BCUT2D eigenvalue weighted by Crippen LogP contribution is 2.27. The fourth-order valence-electron chi connectivity index (χ4n) is 2.57. The summed E-state index contributed by atoms with van der Waals surface area (Å²) in [5.41, 5.74) is 4.30. The van der Waals surface area contributed by atoms with E-state index < -0.39 is 0 Å². The zero-order valence-corrected chi connectivity index (χ0v) is 13.7. The van der Waals surface area contributed by atoms with Crippen molar-refractivity contribution in [3.8, 4) is 0 Å². The summed E-state index contributed by atoms with van der Waals surface area (Å²) in [4.78, 5) is 18.8. The molecule has 0 radical (unpaired) electrons. The average molecular weight is 317 g/mol. The summed E-state index contributed by atoms with van der Waals surface area (Å²) >= 11 is 0. The Morgan fingerprint density at radius 3 is 2.38 bits per heavy atom. The van der Waals surface area contributed by atoms with Gasteiger partial charge in [-0.1, -0.05) is 30.3 Å². The second kappa shape index (κ2) is 6.96. The number of benzene rings is 2. The van der Waals surface area contributed by atoms with Crippen molar-refractivity contribution in [3.63, 3.8) is 0 Å². The molecule has 0 saturated heterocycles. The predicted octanol–water partition coefficient (Wildman–Crippen LogP) is 4.41. The van der Waals surface area contributed by atoms with Gasteiger partial charge in [0.1, 0.15) is 0 Å². The topological polar surface area (TPSA) is 45.2 Å². The summed E-state index contributed by atoms with van der Waals surface area (Å²) in [5, 5.41) is 3.00. The van der Waals surface area contributed by atoms with Crippen molar-refractivity contribution in [1.29, 1.82) is 0 Å². The molecule has 0 fully saturated rings. The Bertz CT molecular complexity index is 846. The van der Waals surface area contributed by atoms with E-state index >= 15 is 0 Å². The summed E-state index contributed by atoms with van der Waals surface area (Å²) in [6.45, 7) is 1.98. The Morgan fingerprint density at radius 2 is 1.62 bits per heavy atom. The maximum atomic E-state index is 12.8. The van der Waals surface area contributed by atoms with Gasteiger partial charge >= 0.3 is 0 Å². The third kappa shape index (κ3) is 3.27. The smallest absolute Gasteiger partial charge is 0.257 e. The van der Waals surface area contributed by atoms with Crippen molar-refractivity contribution in [2.75, 3.05) is 17.3 Å². The third-order valence-electron chi connectivity index (χ3n) is 3.95. The minimum atomic E-state index is -0.124. The molecule has 0 bridgehead atoms. The highest BCUT2D eigenvalue weighted by Gasteiger charge is 2.15. The lowest BCUT2D eigenvalue weighted by atomic mass is 10.1. The number of aryl methyl sites for hydroxylation is 1. The van der Waals surface area contributed by atoms with Gasteiger partial charge in [0.25, 0.3) is 5.91 Å². The molecule has 1 aromatic heterocycles. The summed E-state index contributed by atoms with van der Waals surface area (Å²) in [7, 11) is 1.94. The van der Waals surface area contributed by atoms with Gasteiger partial charge in [0.05, 0.1) is 11.3 Å². The summed E-state index contributed by atoms with van der Waals surface area (Å²) in [6, 6.07) is 19.1. The summed E-state index contributed by atoms with van der Waals surface area (Å²) in [5.74, 6) is -0.124. The average Bonchev–Trinajstić information content (AvgIpc) is 2.63. The normalized spacial score (nSPS) is 10.2. The number of carbonyl (C=O) groups excluding carboxylic acids is 1. The Balaban J connectivity index is 1.92. The van der Waals surface area contributed by atoms with Crippen molar-refractivity contribution < 1.29 is 4.79 Å². The van der Waals surface area contributed by atoms with Crippen LogP contribution in [0.5, 0.6) is 0 Å². The van der Waals surface area contributed by atoms with Gasteiger partial charge in [-0.3, -0.25) is 9.78 Å². The number of pyridine rings is 1. The van der Waals surface area contributed by atoms with Crippen molar-refractivity contribution in [2.24, 2.45) is 0 Å². The van der Waals surface area contributed by atoms with Crippen LogP contribution in [-0.4, -0.2) is 17.9 Å². The molecule has 1 N–H and O–H groups in total. The van der Waals surface area contributed by atoms with Gasteiger partial charge in [-0.05, 0) is 42.8 Å². The van der Waals surface area contributed by atoms with Gasteiger partial charge < -0.3 is 10.2 Å². The van der Waals surface area contributed by atoms with Gasteiger partial charge in [-0.25, -0.2) is 0 Å². The van der Waals surface area contributed by atoms with Crippen molar-refractivity contribution in [3.05, 3.63) is 84.2 Å². The van der Waals surface area contributed by atoms with Gasteiger partial charge in [0, 0.05) is 30.8 Å². The molecule has 0 aliphatic rings. The molecule has 0 saturated carbocycles. The maximum Gasteiger partial charge on any atom is 0.257 e. The summed E-state index contributed by atoms with van der Waals surface area (Å²) in [6.07, 6.45) is 3.48. The number of nitrogens with one attached hydrogen (secondary N) is 1. The van der Waals surface area contributed by atoms with Crippen LogP contribution in [0.25, 0.3) is 0 Å². The lowest BCUT2D eigenvalue weighted by Crippen LogP contribution is -2.18. The van der Waals surface area contributed by atoms with E-state index in [2.05, 4.69) is 10.3 Å². The number of anilines is 3. The van der Waals surface area contributed by atoms with Crippen LogP contribution in [0.15, 0.2) is 73.1 Å². The van der Waals surface area contributed by atoms with E-state index in [0.717, 1.165) is 22.6 Å². The molecule has 4 heteroatoms. The predicted molar refractivity (Wildman–Crippen MR) is 97.9 cm³/mol. The first kappa shape index (κ1) is 15.7. The van der Waals surface area contributed by atoms with E-state index in [4.69, 9.17) is 0 Å². The zero-order chi connectivity index (χ0) is 16.9. The molecule has 4 nitrogen and oxygen atoms in total. The van der Waals surface area contributed by atoms with Crippen LogP contribution in [0.1, 0.15) is 15.9 Å². The quantitative estimate of drug-likeness (QED) is 0.775. The molecule has 0 aliphatic heterocycles. The van der Waals surface area contributed by atoms with E-state index in [9.17, 15) is 4.79 Å². The van der Waals surface area contributed by atoms with Crippen LogP contribution in [0.3, 0.4) is 0 Å². The molecule has 1 amide bonds. The molecule has 3 rings (SSSR count). The van der Waals surface area contributed by atoms with Crippen LogP contribution in [-0.2, 0) is 0 Å². The van der Waals surface area contributed by atoms with Gasteiger partial charge in [0.15, 0.2) is 0 Å². The second-order valence-electron chi connectivity index (χ2n) is 5.55. The molecule has 1 heterocycles. The lowest BCUT2D eigenvalue weighted by Gasteiger charge is -2.22. The van der Waals surface area contributed by atoms with E-state index in [1.54, 1.807) is 12.4 Å². The van der Waals surface area contributed by atoms with E-state index in [1.807, 2.05) is 79.5 Å². The minimum absolute atomic E-state index is 0.124. The Kier molecular flexibility index (Phi) is 4.57. The number of carbonyl (C=O) groups is 1. The summed E-state index contributed by atoms with van der Waals surface area (Å²) < 4.78 is 0. The van der Waals surface area contributed by atoms with Crippen molar-refractivity contribution >= 4 is 23.0 Å². The number of hydrogen-bond acceptors (Lipinski definition) is 3. The van der Waals surface area contributed by atoms with Crippen molar-refractivity contribution in [1.82, 2.24) is 4.98 Å². The van der Waals surface area contributed by atoms with Gasteiger partial charge in [0.2, 0.25) is 0 Å². The first-order chi connectivity index (χ1) is 11.7. The lowest BCUT2D eigenvalue weighted by molar-refractivity contribution is 0.102. The number of aromatic nitrogens is 1. The number of nitrogens with zero attached hydrogens (tertiary/aromatic N) is 2. The number of amides is 1. The first-order valence-electron chi connectivity index (χ1n) is 7.76. The fraction of sp³-hybridized carbons (Fsp3) is 0.100. The zero-order valence-electron chi connectivity index (χ0n) is 13.7. The van der Waals surface area contributed by atoms with Crippen LogP contribution in [0, 0.1) is 6.92 Å². The SMILES string of the molecule is Cc1ccccc1NC(=O)c1ccccc1N(C)c1ccncc1. The molecule has 24 heavy (non-hydrogen) atoms. The monoisotopic (exact) mass is 317 g/mol. The largest absolute Gasteiger partial charge is 0.344 e. The molecule has 0 aliphatic carbocycles. The molecular formula is C20H19N3O. The Morgan fingerprint density at radius 1 is 0.958 bits per heavy atom. The number of hydrogen-bond donors (Lipinski definition) is 1. The molecule has 0 atom stereocenters. The molecule has 0 spiro atoms. The molecule has 120 valence electrons. The highest BCUT2D eigenvalue weighted by atomic mass is 16.1. The third-order valence-corrected chi connectivity index (χ3v) is 3.95. The van der Waals surface area contributed by atoms with Gasteiger partial charge in [-0.2, -0.15) is 0 Å². The highest BCUT2D eigenvalue weighted by molar-refractivity contribution is 6.08. The van der Waals surface area contributed by atoms with Crippen LogP contribution in [0.4, 0.5) is 17.1 Å². The fourth-order valence-corrected chi connectivity index (χ4v) is 2.57. The second-order valence-corrected chi connectivity index (χ2v) is 5.55. The number of para-hydroxylation sites is 2. The molecule has 3 aromatic rings. The van der Waals surface area contributed by atoms with Crippen LogP contribution in [0.2, 0.25) is 0 Å². The van der Waals surface area contributed by atoms with E-state index in [-0.39, 0.29) is 5.91 Å². The minimum Gasteiger partial charge on any atom is -0.344 e. The molecular weight excluding hydrogens is 298 g/mol. The number of rotatable bonds is 4. The Labute approximate surface area is 141 Å².